The minimum atomic E-state index is -1.39. The fourth-order valence-electron chi connectivity index (χ4n) is 4.17. The number of quaternary nitrogens is 1. The first-order valence-corrected chi connectivity index (χ1v) is 8.68. The quantitative estimate of drug-likeness (QED) is 0.694. The Bertz CT molecular complexity index is 940. The highest BCUT2D eigenvalue weighted by atomic mass is 16.4. The third-order valence-electron chi connectivity index (χ3n) is 5.45. The molecule has 0 saturated carbocycles. The number of hydrogen-bond acceptors (Lipinski definition) is 5. The van der Waals surface area contributed by atoms with Gasteiger partial charge in [0.25, 0.3) is 0 Å². The van der Waals surface area contributed by atoms with Crippen molar-refractivity contribution in [1.29, 1.82) is 0 Å². The molecule has 2 saturated heterocycles. The van der Waals surface area contributed by atoms with Gasteiger partial charge in [-0.25, -0.2) is 4.90 Å². The lowest BCUT2D eigenvalue weighted by Crippen LogP contribution is -2.92. The molecule has 0 bridgehead atoms. The summed E-state index contributed by atoms with van der Waals surface area (Å²) in [6.07, 6.45) is 0. The van der Waals surface area contributed by atoms with Gasteiger partial charge in [0, 0.05) is 0 Å². The average molecular weight is 366 g/mol. The summed E-state index contributed by atoms with van der Waals surface area (Å²) in [6.45, 7) is 1.89. The fraction of sp³-hybridized carbons (Fsp3) is 0.250. The Balaban J connectivity index is 1.79. The summed E-state index contributed by atoms with van der Waals surface area (Å²) in [5, 5.41) is 23.3. The average Bonchev–Trinajstić information content (AvgIpc) is 3.14. The van der Waals surface area contributed by atoms with E-state index in [0.29, 0.717) is 11.3 Å². The van der Waals surface area contributed by atoms with Crippen LogP contribution in [0.5, 0.6) is 5.75 Å². The van der Waals surface area contributed by atoms with E-state index >= 15 is 0 Å². The first kappa shape index (κ1) is 17.2. The van der Waals surface area contributed by atoms with Gasteiger partial charge in [0.2, 0.25) is 11.8 Å². The van der Waals surface area contributed by atoms with E-state index in [9.17, 15) is 24.6 Å². The zero-order chi connectivity index (χ0) is 19.3. The highest BCUT2D eigenvalue weighted by molar-refractivity contribution is 6.23. The second kappa shape index (κ2) is 6.21. The Morgan fingerprint density at radius 1 is 1.04 bits per heavy atom. The summed E-state index contributed by atoms with van der Waals surface area (Å²) in [4.78, 5) is 38.8. The van der Waals surface area contributed by atoms with Gasteiger partial charge in [0.05, 0.1) is 11.3 Å². The summed E-state index contributed by atoms with van der Waals surface area (Å²) in [6, 6.07) is 11.5. The minimum absolute atomic E-state index is 0.0365. The molecule has 2 aromatic rings. The van der Waals surface area contributed by atoms with Crippen LogP contribution in [0, 0.1) is 18.8 Å². The van der Waals surface area contributed by atoms with Crippen molar-refractivity contribution in [3.8, 4) is 5.75 Å². The molecule has 2 amide bonds. The van der Waals surface area contributed by atoms with Gasteiger partial charge in [-0.05, 0) is 31.2 Å². The van der Waals surface area contributed by atoms with E-state index < -0.39 is 41.7 Å². The second-order valence-corrected chi connectivity index (χ2v) is 7.02. The number of aromatic hydroxyl groups is 1. The van der Waals surface area contributed by atoms with Crippen molar-refractivity contribution in [2.45, 2.75) is 19.0 Å². The number of phenolic OH excluding ortho intramolecular Hbond substituents is 1. The SMILES string of the molecule is Cc1ccc(N2C(=O)[C@@H]3[C@@H](C2=O)[C@H](c2ccccc2O)[NH2+][C@@H]3C(=O)[O-])cc1. The molecule has 2 fully saturated rings. The third kappa shape index (κ3) is 2.59. The third-order valence-corrected chi connectivity index (χ3v) is 5.45. The van der Waals surface area contributed by atoms with E-state index in [2.05, 4.69) is 0 Å². The molecule has 3 N–H and O–H groups in total. The van der Waals surface area contributed by atoms with Gasteiger partial charge in [-0.1, -0.05) is 29.8 Å². The summed E-state index contributed by atoms with van der Waals surface area (Å²) < 4.78 is 0. The monoisotopic (exact) mass is 366 g/mol. The Hall–Kier alpha value is -3.19. The van der Waals surface area contributed by atoms with E-state index in [0.717, 1.165) is 10.5 Å². The number of carbonyl (C=O) groups excluding carboxylic acids is 3. The van der Waals surface area contributed by atoms with Crippen LogP contribution in [0.15, 0.2) is 48.5 Å². The van der Waals surface area contributed by atoms with Crippen LogP contribution in [0.2, 0.25) is 0 Å². The van der Waals surface area contributed by atoms with Gasteiger partial charge < -0.3 is 20.3 Å². The van der Waals surface area contributed by atoms with Gasteiger partial charge in [-0.3, -0.25) is 9.59 Å². The number of nitrogens with zero attached hydrogens (tertiary/aromatic N) is 1. The number of para-hydroxylation sites is 1. The molecule has 27 heavy (non-hydrogen) atoms. The van der Waals surface area contributed by atoms with Crippen LogP contribution in [0.25, 0.3) is 0 Å². The maximum atomic E-state index is 13.1. The topological polar surface area (TPSA) is 114 Å². The van der Waals surface area contributed by atoms with E-state index in [1.165, 1.54) is 11.4 Å². The second-order valence-electron chi connectivity index (χ2n) is 7.02. The molecule has 2 aliphatic heterocycles. The van der Waals surface area contributed by atoms with Crippen LogP contribution >= 0.6 is 0 Å². The number of benzene rings is 2. The molecule has 2 aromatic carbocycles. The van der Waals surface area contributed by atoms with Crippen molar-refractivity contribution >= 4 is 23.5 Å². The van der Waals surface area contributed by atoms with Crippen LogP contribution in [0.4, 0.5) is 5.69 Å². The number of carbonyl (C=O) groups is 3. The molecule has 138 valence electrons. The van der Waals surface area contributed by atoms with E-state index in [1.807, 2.05) is 6.92 Å². The predicted octanol–water partition coefficient (Wildman–Crippen LogP) is -0.757. The van der Waals surface area contributed by atoms with E-state index in [1.54, 1.807) is 42.5 Å². The van der Waals surface area contributed by atoms with E-state index in [4.69, 9.17) is 0 Å². The van der Waals surface area contributed by atoms with Crippen LogP contribution in [0.1, 0.15) is 17.2 Å². The van der Waals surface area contributed by atoms with Crippen LogP contribution in [-0.4, -0.2) is 28.9 Å². The fourth-order valence-corrected chi connectivity index (χ4v) is 4.17. The van der Waals surface area contributed by atoms with Crippen LogP contribution in [0.3, 0.4) is 0 Å². The molecule has 7 heteroatoms. The van der Waals surface area contributed by atoms with Gasteiger partial charge in [-0.2, -0.15) is 0 Å². The van der Waals surface area contributed by atoms with Gasteiger partial charge in [0.1, 0.15) is 35.6 Å². The number of aryl methyl sites for hydroxylation is 1. The lowest BCUT2D eigenvalue weighted by atomic mass is 9.86. The number of anilines is 1. The van der Waals surface area contributed by atoms with Gasteiger partial charge in [-0.15, -0.1) is 0 Å². The molecular weight excluding hydrogens is 348 g/mol. The first-order valence-electron chi connectivity index (χ1n) is 8.68. The van der Waals surface area contributed by atoms with Crippen molar-refractivity contribution in [2.24, 2.45) is 11.8 Å². The normalized spacial score (nSPS) is 27.1. The molecule has 4 rings (SSSR count). The number of imide groups is 1. The summed E-state index contributed by atoms with van der Waals surface area (Å²) in [5.41, 5.74) is 1.83. The number of hydrogen-bond donors (Lipinski definition) is 2. The molecule has 0 aromatic heterocycles. The van der Waals surface area contributed by atoms with Crippen molar-refractivity contribution < 1.29 is 29.9 Å². The van der Waals surface area contributed by atoms with Gasteiger partial charge >= 0.3 is 0 Å². The number of amides is 2. The zero-order valence-corrected chi connectivity index (χ0v) is 14.5. The number of nitrogens with two attached hydrogens (primary N) is 1. The first-order chi connectivity index (χ1) is 12.9. The Morgan fingerprint density at radius 2 is 1.67 bits per heavy atom. The molecule has 7 nitrogen and oxygen atoms in total. The molecule has 0 unspecified atom stereocenters. The standard InChI is InChI=1S/C20H18N2O5/c1-10-6-8-11(9-7-10)22-18(24)14-15(19(22)25)17(20(26)27)21-16(14)12-4-2-3-5-13(12)23/h2-9,14-17,21,23H,1H3,(H,26,27)/t14-,15-,16+,17+/m1/s1. The lowest BCUT2D eigenvalue weighted by Gasteiger charge is -2.21. The number of rotatable bonds is 3. The molecule has 4 atom stereocenters. The largest absolute Gasteiger partial charge is 0.544 e. The highest BCUT2D eigenvalue weighted by Crippen LogP contribution is 2.43. The highest BCUT2D eigenvalue weighted by Gasteiger charge is 2.63. The predicted molar refractivity (Wildman–Crippen MR) is 92.2 cm³/mol. The number of fused-ring (bicyclic) bond motifs is 1. The van der Waals surface area contributed by atoms with Crippen molar-refractivity contribution in [2.75, 3.05) is 4.90 Å². The van der Waals surface area contributed by atoms with Crippen molar-refractivity contribution in [3.63, 3.8) is 0 Å². The zero-order valence-electron chi connectivity index (χ0n) is 14.5. The lowest BCUT2D eigenvalue weighted by molar-refractivity contribution is -0.705. The summed E-state index contributed by atoms with van der Waals surface area (Å²) in [7, 11) is 0. The smallest absolute Gasteiger partial charge is 0.244 e. The number of carboxylic acids is 1. The van der Waals surface area contributed by atoms with Crippen molar-refractivity contribution in [3.05, 3.63) is 59.7 Å². The van der Waals surface area contributed by atoms with Crippen molar-refractivity contribution in [1.82, 2.24) is 0 Å². The van der Waals surface area contributed by atoms with E-state index in [-0.39, 0.29) is 5.75 Å². The number of phenols is 1. The molecule has 0 radical (unpaired) electrons. The maximum absolute atomic E-state index is 13.1. The molecule has 2 aliphatic rings. The molecule has 0 aliphatic carbocycles. The molecule has 0 spiro atoms. The van der Waals surface area contributed by atoms with Crippen LogP contribution in [-0.2, 0) is 14.4 Å². The molecular formula is C20H18N2O5. The maximum Gasteiger partial charge on any atom is 0.244 e. The minimum Gasteiger partial charge on any atom is -0.544 e. The Morgan fingerprint density at radius 3 is 2.30 bits per heavy atom. The number of carboxylic acid groups (broad SMARTS) is 1. The summed E-state index contributed by atoms with van der Waals surface area (Å²) >= 11 is 0. The van der Waals surface area contributed by atoms with Crippen LogP contribution < -0.4 is 15.3 Å². The van der Waals surface area contributed by atoms with Gasteiger partial charge in [0.15, 0.2) is 0 Å². The summed E-state index contributed by atoms with van der Waals surface area (Å²) in [5.74, 6) is -4.34. The Labute approximate surface area is 155 Å². The Kier molecular flexibility index (Phi) is 3.96. The molecule has 2 heterocycles. The number of aliphatic carboxylic acids is 1.